The number of rotatable bonds is 6. The van der Waals surface area contributed by atoms with Crippen molar-refractivity contribution < 1.29 is 5.11 Å². The third-order valence-electron chi connectivity index (χ3n) is 2.02. The minimum Gasteiger partial charge on any atom is -0.389 e. The van der Waals surface area contributed by atoms with Crippen molar-refractivity contribution in [2.45, 2.75) is 38.7 Å². The van der Waals surface area contributed by atoms with Gasteiger partial charge in [-0.05, 0) is 56.3 Å². The van der Waals surface area contributed by atoms with Crippen molar-refractivity contribution in [3.8, 4) is 23.7 Å². The molecule has 0 fully saturated rings. The summed E-state index contributed by atoms with van der Waals surface area (Å²) in [5, 5.41) is 9.56. The molecule has 90 valence electrons. The number of aliphatic hydroxyl groups is 1. The molecule has 0 rings (SSSR count). The highest BCUT2D eigenvalue weighted by molar-refractivity contribution is 5.33. The van der Waals surface area contributed by atoms with Crippen LogP contribution in [-0.4, -0.2) is 11.2 Å². The summed E-state index contributed by atoms with van der Waals surface area (Å²) in [5.74, 6) is 10.9. The maximum atomic E-state index is 9.56. The molecule has 17 heavy (non-hydrogen) atoms. The van der Waals surface area contributed by atoms with Crippen molar-refractivity contribution in [3.63, 3.8) is 0 Å². The maximum Gasteiger partial charge on any atom is 0.0730 e. The first-order valence-electron chi connectivity index (χ1n) is 5.89. The number of aliphatic hydroxyl groups excluding tert-OH is 1. The molecule has 0 radical (unpaired) electrons. The molecule has 1 N–H and O–H groups in total. The van der Waals surface area contributed by atoms with Gasteiger partial charge in [0.1, 0.15) is 0 Å². The average Bonchev–Trinajstić information content (AvgIpc) is 2.33. The van der Waals surface area contributed by atoms with E-state index in [0.717, 1.165) is 25.7 Å². The molecule has 1 atom stereocenters. The normalized spacial score (nSPS) is 11.6. The van der Waals surface area contributed by atoms with E-state index in [1.54, 1.807) is 18.2 Å². The largest absolute Gasteiger partial charge is 0.389 e. The van der Waals surface area contributed by atoms with Gasteiger partial charge in [-0.2, -0.15) is 0 Å². The SMILES string of the molecule is C=CCCCCC(O)C=CC#CC#CC=CC. The third kappa shape index (κ3) is 12.2. The van der Waals surface area contributed by atoms with Gasteiger partial charge in [0.25, 0.3) is 0 Å². The molecule has 0 aromatic heterocycles. The van der Waals surface area contributed by atoms with Gasteiger partial charge in [-0.1, -0.05) is 30.4 Å². The molecule has 0 aliphatic rings. The molecule has 0 bridgehead atoms. The smallest absolute Gasteiger partial charge is 0.0730 e. The van der Waals surface area contributed by atoms with Crippen LogP contribution in [0.1, 0.15) is 32.6 Å². The van der Waals surface area contributed by atoms with Crippen LogP contribution < -0.4 is 0 Å². The lowest BCUT2D eigenvalue weighted by Gasteiger charge is -2.02. The van der Waals surface area contributed by atoms with Gasteiger partial charge >= 0.3 is 0 Å². The van der Waals surface area contributed by atoms with Gasteiger partial charge < -0.3 is 5.11 Å². The summed E-state index contributed by atoms with van der Waals surface area (Å²) in [7, 11) is 0. The Balaban J connectivity index is 3.76. The van der Waals surface area contributed by atoms with Gasteiger partial charge in [0.2, 0.25) is 0 Å². The summed E-state index contributed by atoms with van der Waals surface area (Å²) in [6.45, 7) is 5.56. The van der Waals surface area contributed by atoms with Crippen molar-refractivity contribution in [2.75, 3.05) is 0 Å². The summed E-state index contributed by atoms with van der Waals surface area (Å²) < 4.78 is 0. The number of unbranched alkanes of at least 4 members (excludes halogenated alkanes) is 2. The minimum absolute atomic E-state index is 0.405. The van der Waals surface area contributed by atoms with Crippen molar-refractivity contribution in [1.29, 1.82) is 0 Å². The van der Waals surface area contributed by atoms with E-state index in [9.17, 15) is 5.11 Å². The van der Waals surface area contributed by atoms with Crippen LogP contribution in [0.25, 0.3) is 0 Å². The maximum absolute atomic E-state index is 9.56. The number of allylic oxidation sites excluding steroid dienone is 4. The molecule has 1 heteroatoms. The van der Waals surface area contributed by atoms with E-state index in [0.29, 0.717) is 0 Å². The molecular weight excluding hydrogens is 208 g/mol. The van der Waals surface area contributed by atoms with Crippen LogP contribution in [0.3, 0.4) is 0 Å². The molecule has 0 aromatic rings. The summed E-state index contributed by atoms with van der Waals surface area (Å²) in [6.07, 6.45) is 12.3. The zero-order chi connectivity index (χ0) is 12.8. The van der Waals surface area contributed by atoms with Crippen molar-refractivity contribution in [2.24, 2.45) is 0 Å². The Labute approximate surface area is 105 Å². The Morgan fingerprint density at radius 1 is 1.18 bits per heavy atom. The monoisotopic (exact) mass is 228 g/mol. The van der Waals surface area contributed by atoms with E-state index >= 15 is 0 Å². The Kier molecular flexibility index (Phi) is 11.1. The van der Waals surface area contributed by atoms with Gasteiger partial charge in [0.05, 0.1) is 6.10 Å². The van der Waals surface area contributed by atoms with Gasteiger partial charge in [-0.3, -0.25) is 0 Å². The van der Waals surface area contributed by atoms with E-state index in [2.05, 4.69) is 30.3 Å². The van der Waals surface area contributed by atoms with Gasteiger partial charge in [-0.15, -0.1) is 6.58 Å². The zero-order valence-electron chi connectivity index (χ0n) is 10.4. The summed E-state index contributed by atoms with van der Waals surface area (Å²) in [4.78, 5) is 0. The average molecular weight is 228 g/mol. The Morgan fingerprint density at radius 2 is 1.88 bits per heavy atom. The van der Waals surface area contributed by atoms with Gasteiger partial charge in [0, 0.05) is 0 Å². The summed E-state index contributed by atoms with van der Waals surface area (Å²) >= 11 is 0. The predicted molar refractivity (Wildman–Crippen MR) is 74.2 cm³/mol. The van der Waals surface area contributed by atoms with Crippen LogP contribution in [0.4, 0.5) is 0 Å². The molecule has 0 amide bonds. The topological polar surface area (TPSA) is 20.2 Å². The van der Waals surface area contributed by atoms with E-state index in [1.807, 2.05) is 19.1 Å². The van der Waals surface area contributed by atoms with E-state index in [1.165, 1.54) is 0 Å². The fraction of sp³-hybridized carbons (Fsp3) is 0.375. The third-order valence-corrected chi connectivity index (χ3v) is 2.02. The molecule has 0 aliphatic carbocycles. The molecule has 0 saturated carbocycles. The van der Waals surface area contributed by atoms with Crippen LogP contribution in [0.15, 0.2) is 37.0 Å². The second-order valence-electron chi connectivity index (χ2n) is 3.54. The predicted octanol–water partition coefficient (Wildman–Crippen LogP) is 3.23. The lowest BCUT2D eigenvalue weighted by atomic mass is 10.1. The van der Waals surface area contributed by atoms with Crippen LogP contribution >= 0.6 is 0 Å². The summed E-state index contributed by atoms with van der Waals surface area (Å²) in [6, 6.07) is 0. The molecule has 0 aliphatic heterocycles. The Hall–Kier alpha value is -1.70. The second-order valence-corrected chi connectivity index (χ2v) is 3.54. The second kappa shape index (κ2) is 12.4. The van der Waals surface area contributed by atoms with Crippen molar-refractivity contribution in [1.82, 2.24) is 0 Å². The molecule has 1 unspecified atom stereocenters. The molecule has 1 nitrogen and oxygen atoms in total. The van der Waals surface area contributed by atoms with Crippen LogP contribution in [0.5, 0.6) is 0 Å². The van der Waals surface area contributed by atoms with Crippen LogP contribution in [0.2, 0.25) is 0 Å². The Bertz CT molecular complexity index is 366. The Morgan fingerprint density at radius 3 is 2.53 bits per heavy atom. The lowest BCUT2D eigenvalue weighted by molar-refractivity contribution is 0.208. The highest BCUT2D eigenvalue weighted by Crippen LogP contribution is 2.04. The van der Waals surface area contributed by atoms with Crippen molar-refractivity contribution in [3.05, 3.63) is 37.0 Å². The highest BCUT2D eigenvalue weighted by atomic mass is 16.3. The number of hydrogen-bond donors (Lipinski definition) is 1. The zero-order valence-corrected chi connectivity index (χ0v) is 10.4. The first-order chi connectivity index (χ1) is 8.31. The minimum atomic E-state index is -0.405. The van der Waals surface area contributed by atoms with E-state index < -0.39 is 6.10 Å². The van der Waals surface area contributed by atoms with Gasteiger partial charge in [0.15, 0.2) is 0 Å². The lowest BCUT2D eigenvalue weighted by Crippen LogP contribution is -2.00. The molecule has 0 aromatic carbocycles. The molecule has 0 saturated heterocycles. The van der Waals surface area contributed by atoms with E-state index in [4.69, 9.17) is 0 Å². The highest BCUT2D eigenvalue weighted by Gasteiger charge is 1.96. The fourth-order valence-corrected chi connectivity index (χ4v) is 1.14. The molecular formula is C16H20O. The van der Waals surface area contributed by atoms with Crippen molar-refractivity contribution >= 4 is 0 Å². The number of hydrogen-bond acceptors (Lipinski definition) is 1. The first kappa shape index (κ1) is 15.3. The summed E-state index contributed by atoms with van der Waals surface area (Å²) in [5.41, 5.74) is 0. The van der Waals surface area contributed by atoms with E-state index in [-0.39, 0.29) is 0 Å². The quantitative estimate of drug-likeness (QED) is 0.420. The first-order valence-corrected chi connectivity index (χ1v) is 5.89. The molecule has 0 heterocycles. The standard InChI is InChI=1S/C16H20O/c1-3-5-7-9-10-11-13-15-16(17)14-12-8-6-4-2/h3-5,13,15-17H,2,6,8,12,14H2,1H3. The fourth-order valence-electron chi connectivity index (χ4n) is 1.14. The van der Waals surface area contributed by atoms with Gasteiger partial charge in [-0.25, -0.2) is 0 Å². The van der Waals surface area contributed by atoms with Crippen LogP contribution in [0, 0.1) is 23.7 Å². The van der Waals surface area contributed by atoms with Crippen LogP contribution in [-0.2, 0) is 0 Å². The molecule has 0 spiro atoms.